The van der Waals surface area contributed by atoms with Crippen LogP contribution in [0.25, 0.3) is 11.2 Å². The van der Waals surface area contributed by atoms with Crippen LogP contribution in [0, 0.1) is 0 Å². The molecule has 3 aromatic heterocycles. The normalized spacial score (nSPS) is 36.0. The third-order valence-electron chi connectivity index (χ3n) is 7.17. The first-order valence-electron chi connectivity index (χ1n) is 12.7. The maximum Gasteiger partial charge on any atom is 0.472 e. The first-order valence-corrected chi connectivity index (χ1v) is 15.6. The summed E-state index contributed by atoms with van der Waals surface area (Å²) in [6.45, 7) is -1.33. The van der Waals surface area contributed by atoms with Gasteiger partial charge in [-0.05, 0) is 0 Å². The fraction of sp³-hybridized carbons (Fsp3) is 0.550. The topological polar surface area (TPSA) is 259 Å². The number of nitrogens with zero attached hydrogens (tertiary/aromatic N) is 8. The molecular formula is C20H22FN10O10PS. The van der Waals surface area contributed by atoms with Crippen molar-refractivity contribution < 1.29 is 49.8 Å². The summed E-state index contributed by atoms with van der Waals surface area (Å²) < 4.78 is 86.4. The summed E-state index contributed by atoms with van der Waals surface area (Å²) in [5, 5.41) is 7.73. The van der Waals surface area contributed by atoms with E-state index >= 15 is 4.39 Å². The van der Waals surface area contributed by atoms with Crippen molar-refractivity contribution in [2.24, 2.45) is 4.99 Å². The largest absolute Gasteiger partial charge is 0.472 e. The Bertz CT molecular complexity index is 1790. The van der Waals surface area contributed by atoms with Crippen LogP contribution in [0.15, 0.2) is 17.6 Å². The lowest BCUT2D eigenvalue weighted by molar-refractivity contribution is -0.0510. The summed E-state index contributed by atoms with van der Waals surface area (Å²) in [5.41, 5.74) is 6.08. The zero-order valence-electron chi connectivity index (χ0n) is 21.6. The quantitative estimate of drug-likeness (QED) is 0.290. The summed E-state index contributed by atoms with van der Waals surface area (Å²) >= 11 is 0. The van der Waals surface area contributed by atoms with E-state index in [1.807, 2.05) is 0 Å². The number of carbonyl (C=O) groups is 1. The number of Topliss-reactive ketones (excluding diaryl/α,β-unsaturated/α-hetero) is 1. The van der Waals surface area contributed by atoms with Crippen LogP contribution < -0.4 is 10.5 Å². The summed E-state index contributed by atoms with van der Waals surface area (Å²) in [6, 6.07) is 0. The highest BCUT2D eigenvalue weighted by atomic mass is 32.2. The molecule has 23 heteroatoms. The number of rotatable bonds is 2. The second-order valence-corrected chi connectivity index (χ2v) is 12.7. The number of nitrogens with one attached hydrogen (secondary N) is 1. The van der Waals surface area contributed by atoms with Gasteiger partial charge in [-0.3, -0.25) is 22.6 Å². The van der Waals surface area contributed by atoms with E-state index in [0.29, 0.717) is 0 Å². The van der Waals surface area contributed by atoms with E-state index in [4.69, 9.17) is 28.4 Å². The molecule has 3 fully saturated rings. The Labute approximate surface area is 240 Å². The predicted molar refractivity (Wildman–Crippen MR) is 137 cm³/mol. The van der Waals surface area contributed by atoms with Crippen LogP contribution in [0.1, 0.15) is 35.8 Å². The van der Waals surface area contributed by atoms with Crippen molar-refractivity contribution in [1.82, 2.24) is 39.2 Å². The van der Waals surface area contributed by atoms with Crippen molar-refractivity contribution in [3.63, 3.8) is 0 Å². The standard InChI is InChI=1S/C20H22FN10O10PS/c21-13-16-10(39-20(13)30-7-26-15-17(22)24-6-25-18(15)30)4-27-43(35,36)41-9-3-12(38-11(9)5-37-42(33,34)40-16)31-19-14(28-29-31)8(32)1-2-23-19/h2,6-7,9-13,16,20,27H,1,3-5H2,(H,33,34)(H2,22,24,25)/t9-,10+,11+,12+,13+,16+,20+/m0/s1. The van der Waals surface area contributed by atoms with E-state index in [1.165, 1.54) is 21.8 Å². The highest BCUT2D eigenvalue weighted by Crippen LogP contribution is 2.50. The summed E-state index contributed by atoms with van der Waals surface area (Å²) in [6.07, 6.45) is -6.80. The highest BCUT2D eigenvalue weighted by Gasteiger charge is 2.52. The number of fused-ring (bicyclic) bond motifs is 4. The van der Waals surface area contributed by atoms with E-state index in [2.05, 4.69) is 35.0 Å². The molecule has 0 radical (unpaired) electrons. The molecule has 0 amide bonds. The van der Waals surface area contributed by atoms with Crippen LogP contribution in [-0.2, 0) is 37.6 Å². The van der Waals surface area contributed by atoms with Gasteiger partial charge in [0.15, 0.2) is 47.4 Å². The van der Waals surface area contributed by atoms with Crippen LogP contribution in [0.4, 0.5) is 16.0 Å². The molecule has 3 saturated heterocycles. The van der Waals surface area contributed by atoms with Crippen LogP contribution in [0.2, 0.25) is 0 Å². The van der Waals surface area contributed by atoms with Gasteiger partial charge in [0, 0.05) is 25.6 Å². The maximum absolute atomic E-state index is 15.8. The van der Waals surface area contributed by atoms with Gasteiger partial charge in [-0.25, -0.2) is 28.9 Å². The number of phosphoric ester groups is 1. The van der Waals surface area contributed by atoms with Gasteiger partial charge in [0.1, 0.15) is 36.3 Å². The SMILES string of the molecule is Nc1ncnc2c1ncn2[C@@H]1O[C@@H]2CNS(=O)(=O)O[C@H]3C[C@H](n4nnc5c4N=CCC5=O)O[C@@H]3COP(=O)(O)O[C@H]2[C@H]1F. The third kappa shape index (κ3) is 5.13. The number of hydrogen-bond donors (Lipinski definition) is 3. The number of ether oxygens (including phenoxy) is 2. The van der Waals surface area contributed by atoms with Gasteiger partial charge in [-0.2, -0.15) is 17.8 Å². The first-order chi connectivity index (χ1) is 20.5. The number of hydrogen-bond acceptors (Lipinski definition) is 16. The number of aliphatic imine (C=N–C) groups is 1. The number of alkyl halides is 1. The monoisotopic (exact) mass is 644 g/mol. The van der Waals surface area contributed by atoms with Gasteiger partial charge in [0.25, 0.3) is 0 Å². The number of nitrogens with two attached hydrogens (primary N) is 1. The molecule has 3 aromatic rings. The van der Waals surface area contributed by atoms with Gasteiger partial charge in [-0.15, -0.1) is 5.10 Å². The molecule has 0 saturated carbocycles. The van der Waals surface area contributed by atoms with E-state index in [9.17, 15) is 22.7 Å². The maximum atomic E-state index is 15.8. The zero-order valence-corrected chi connectivity index (χ0v) is 23.3. The van der Waals surface area contributed by atoms with Crippen molar-refractivity contribution in [1.29, 1.82) is 0 Å². The Balaban J connectivity index is 1.14. The van der Waals surface area contributed by atoms with E-state index in [0.717, 1.165) is 6.33 Å². The number of halogens is 1. The number of ketones is 1. The van der Waals surface area contributed by atoms with Gasteiger partial charge >= 0.3 is 18.1 Å². The lowest BCUT2D eigenvalue weighted by atomic mass is 10.1. The first kappa shape index (κ1) is 28.4. The molecular weight excluding hydrogens is 622 g/mol. The van der Waals surface area contributed by atoms with Crippen molar-refractivity contribution in [2.45, 2.75) is 55.9 Å². The molecule has 230 valence electrons. The Morgan fingerprint density at radius 1 is 1.19 bits per heavy atom. The van der Waals surface area contributed by atoms with Crippen molar-refractivity contribution in [2.75, 3.05) is 18.9 Å². The van der Waals surface area contributed by atoms with E-state index in [-0.39, 0.29) is 47.1 Å². The predicted octanol–water partition coefficient (Wildman–Crippen LogP) is -0.753. The molecule has 4 N–H and O–H groups in total. The summed E-state index contributed by atoms with van der Waals surface area (Å²) in [4.78, 5) is 38.7. The molecule has 4 aliphatic rings. The Morgan fingerprint density at radius 3 is 2.86 bits per heavy atom. The summed E-state index contributed by atoms with van der Waals surface area (Å²) in [7, 11) is -9.54. The second kappa shape index (κ2) is 10.4. The zero-order chi connectivity index (χ0) is 30.1. The fourth-order valence-electron chi connectivity index (χ4n) is 5.19. The van der Waals surface area contributed by atoms with Gasteiger partial charge in [0.2, 0.25) is 0 Å². The third-order valence-corrected chi connectivity index (χ3v) is 9.18. The number of aromatic nitrogens is 7. The number of carbonyl (C=O) groups excluding carboxylic acids is 1. The Hall–Kier alpha value is -3.34. The van der Waals surface area contributed by atoms with E-state index < -0.39 is 74.3 Å². The number of imidazole rings is 1. The Kier molecular flexibility index (Phi) is 6.87. The van der Waals surface area contributed by atoms with Crippen molar-refractivity contribution >= 4 is 52.9 Å². The van der Waals surface area contributed by atoms with Gasteiger partial charge < -0.3 is 20.1 Å². The van der Waals surface area contributed by atoms with Gasteiger partial charge in [0.05, 0.1) is 12.9 Å². The molecule has 1 unspecified atom stereocenters. The Morgan fingerprint density at radius 2 is 2.02 bits per heavy atom. The molecule has 0 aliphatic carbocycles. The minimum Gasteiger partial charge on any atom is -0.382 e. The molecule has 0 spiro atoms. The second-order valence-electron chi connectivity index (χ2n) is 9.87. The molecule has 0 bridgehead atoms. The van der Waals surface area contributed by atoms with Crippen molar-refractivity contribution in [3.05, 3.63) is 18.3 Å². The fourth-order valence-corrected chi connectivity index (χ4v) is 7.11. The summed E-state index contributed by atoms with van der Waals surface area (Å²) in [5.74, 6) is -0.187. The van der Waals surface area contributed by atoms with Gasteiger partial charge in [-0.1, -0.05) is 5.21 Å². The van der Waals surface area contributed by atoms with E-state index in [1.54, 1.807) is 0 Å². The smallest absolute Gasteiger partial charge is 0.382 e. The molecule has 7 rings (SSSR count). The average Bonchev–Trinajstić information content (AvgIpc) is 3.72. The van der Waals surface area contributed by atoms with Crippen LogP contribution in [0.5, 0.6) is 0 Å². The number of phosphoric acid groups is 1. The van der Waals surface area contributed by atoms with Crippen molar-refractivity contribution in [3.8, 4) is 0 Å². The average molecular weight is 644 g/mol. The number of nitrogen functional groups attached to an aromatic ring is 1. The van der Waals surface area contributed by atoms with Crippen LogP contribution >= 0.6 is 7.82 Å². The molecule has 7 heterocycles. The highest BCUT2D eigenvalue weighted by molar-refractivity contribution is 7.84. The lowest BCUT2D eigenvalue weighted by Gasteiger charge is -2.25. The molecule has 8 atom stereocenters. The molecule has 0 aromatic carbocycles. The molecule has 4 aliphatic heterocycles. The molecule has 20 nitrogen and oxygen atoms in total. The minimum absolute atomic E-state index is 0.0157. The van der Waals surface area contributed by atoms with Crippen LogP contribution in [-0.4, -0.2) is 104 Å². The minimum atomic E-state index is -5.00. The molecule has 43 heavy (non-hydrogen) atoms. The lowest BCUT2D eigenvalue weighted by Crippen LogP contribution is -2.43. The number of anilines is 1. The van der Waals surface area contributed by atoms with Crippen LogP contribution in [0.3, 0.4) is 0 Å².